The topological polar surface area (TPSA) is 28.2 Å². The number of anilines is 4. The van der Waals surface area contributed by atoms with E-state index < -0.39 is 11.7 Å². The van der Waals surface area contributed by atoms with Crippen molar-refractivity contribution in [3.63, 3.8) is 0 Å². The lowest BCUT2D eigenvalue weighted by Crippen LogP contribution is -2.56. The molecule has 0 saturated carbocycles. The number of aromatic nitrogens is 1. The summed E-state index contributed by atoms with van der Waals surface area (Å²) in [5.41, 5.74) is 2.78. The van der Waals surface area contributed by atoms with E-state index in [1.165, 1.54) is 6.07 Å². The molecule has 33 heavy (non-hydrogen) atoms. The van der Waals surface area contributed by atoms with Crippen molar-refractivity contribution in [3.8, 4) is 0 Å². The van der Waals surface area contributed by atoms with E-state index in [4.69, 9.17) is 0 Å². The Hall–Kier alpha value is -3.28. The molecule has 3 unspecified atom stereocenters. The Morgan fingerprint density at radius 1 is 0.970 bits per heavy atom. The van der Waals surface area contributed by atoms with Gasteiger partial charge in [-0.15, -0.1) is 0 Å². The summed E-state index contributed by atoms with van der Waals surface area (Å²) >= 11 is 0. The molecule has 0 fully saturated rings. The van der Waals surface area contributed by atoms with Gasteiger partial charge in [-0.05, 0) is 43.2 Å². The summed E-state index contributed by atoms with van der Waals surface area (Å²) in [6.45, 7) is 8.46. The molecule has 0 bridgehead atoms. The van der Waals surface area contributed by atoms with E-state index in [1.54, 1.807) is 0 Å². The standard InChI is InChI=1S/C27H26F3N3/c1-17-9-5-8-12-22(17)33-18(2)25(3)13-14-26(25,4)20-10-6-7-11-21(20)32-24-23(33)15-19(16-31-24)27(28,29)30/h5-16,18H,1-4H3,(H,31,32). The molecule has 0 spiro atoms. The molecule has 2 aliphatic rings. The van der Waals surface area contributed by atoms with Gasteiger partial charge in [0, 0.05) is 34.4 Å². The second kappa shape index (κ2) is 7.11. The third-order valence-electron chi connectivity index (χ3n) is 7.71. The number of halogens is 3. The molecule has 3 nitrogen and oxygen atoms in total. The van der Waals surface area contributed by atoms with Crippen molar-refractivity contribution in [2.24, 2.45) is 5.41 Å². The first-order chi connectivity index (χ1) is 15.6. The van der Waals surface area contributed by atoms with Crippen LogP contribution in [0, 0.1) is 12.3 Å². The molecule has 0 saturated heterocycles. The SMILES string of the molecule is Cc1ccccc1N1c2cc(C(F)(F)F)cnc2Nc2ccccc2C2(C)C=CC2(C)C1C. The molecule has 0 radical (unpaired) electrons. The van der Waals surface area contributed by atoms with Crippen LogP contribution in [0.25, 0.3) is 0 Å². The highest BCUT2D eigenvalue weighted by atomic mass is 19.4. The fourth-order valence-electron chi connectivity index (χ4n) is 5.26. The van der Waals surface area contributed by atoms with Crippen LogP contribution in [-0.4, -0.2) is 11.0 Å². The Labute approximate surface area is 192 Å². The molecule has 1 aliphatic heterocycles. The van der Waals surface area contributed by atoms with Crippen LogP contribution in [0.1, 0.15) is 37.5 Å². The number of hydrogen-bond donors (Lipinski definition) is 1. The van der Waals surface area contributed by atoms with Gasteiger partial charge in [-0.1, -0.05) is 62.4 Å². The zero-order valence-corrected chi connectivity index (χ0v) is 19.0. The molecule has 2 heterocycles. The number of nitrogens with zero attached hydrogens (tertiary/aromatic N) is 2. The number of allylic oxidation sites excluding steroid dienone is 1. The number of alkyl halides is 3. The van der Waals surface area contributed by atoms with Crippen LogP contribution >= 0.6 is 0 Å². The summed E-state index contributed by atoms with van der Waals surface area (Å²) in [6.07, 6.45) is 0.799. The third-order valence-corrected chi connectivity index (χ3v) is 7.71. The minimum atomic E-state index is -4.49. The highest BCUT2D eigenvalue weighted by molar-refractivity contribution is 5.82. The molecular formula is C27H26F3N3. The Morgan fingerprint density at radius 3 is 2.33 bits per heavy atom. The summed E-state index contributed by atoms with van der Waals surface area (Å²) < 4.78 is 41.3. The molecule has 1 aliphatic carbocycles. The van der Waals surface area contributed by atoms with Crippen molar-refractivity contribution in [2.45, 2.75) is 45.3 Å². The molecule has 5 rings (SSSR count). The van der Waals surface area contributed by atoms with Gasteiger partial charge in [0.2, 0.25) is 0 Å². The van der Waals surface area contributed by atoms with Crippen LogP contribution in [-0.2, 0) is 11.6 Å². The van der Waals surface area contributed by atoms with Crippen LogP contribution in [0.3, 0.4) is 0 Å². The highest BCUT2D eigenvalue weighted by Crippen LogP contribution is 2.59. The molecule has 0 amide bonds. The van der Waals surface area contributed by atoms with Crippen LogP contribution < -0.4 is 10.2 Å². The largest absolute Gasteiger partial charge is 0.417 e. The van der Waals surface area contributed by atoms with E-state index in [1.807, 2.05) is 54.3 Å². The number of nitrogens with one attached hydrogen (secondary N) is 1. The Morgan fingerprint density at radius 2 is 1.67 bits per heavy atom. The van der Waals surface area contributed by atoms with E-state index >= 15 is 0 Å². The summed E-state index contributed by atoms with van der Waals surface area (Å²) in [5.74, 6) is 0.402. The number of benzene rings is 2. The van der Waals surface area contributed by atoms with Gasteiger partial charge < -0.3 is 10.2 Å². The average molecular weight is 450 g/mol. The first-order valence-electron chi connectivity index (χ1n) is 11.1. The highest BCUT2D eigenvalue weighted by Gasteiger charge is 2.55. The summed E-state index contributed by atoms with van der Waals surface area (Å²) in [6, 6.07) is 16.8. The summed E-state index contributed by atoms with van der Waals surface area (Å²) in [5, 5.41) is 3.37. The smallest absolute Gasteiger partial charge is 0.338 e. The predicted octanol–water partition coefficient (Wildman–Crippen LogP) is 7.53. The van der Waals surface area contributed by atoms with Crippen molar-refractivity contribution in [2.75, 3.05) is 10.2 Å². The normalized spacial score (nSPS) is 26.0. The molecule has 1 N–H and O–H groups in total. The van der Waals surface area contributed by atoms with Crippen molar-refractivity contribution in [3.05, 3.63) is 89.6 Å². The predicted molar refractivity (Wildman–Crippen MR) is 126 cm³/mol. The number of rotatable bonds is 1. The molecule has 3 aromatic rings. The number of pyridine rings is 1. The monoisotopic (exact) mass is 449 g/mol. The first kappa shape index (κ1) is 21.6. The van der Waals surface area contributed by atoms with Crippen LogP contribution in [0.5, 0.6) is 0 Å². The zero-order chi connectivity index (χ0) is 23.6. The van der Waals surface area contributed by atoms with Gasteiger partial charge in [0.05, 0.1) is 11.3 Å². The number of hydrogen-bond acceptors (Lipinski definition) is 3. The van der Waals surface area contributed by atoms with E-state index in [0.29, 0.717) is 11.5 Å². The van der Waals surface area contributed by atoms with Crippen molar-refractivity contribution < 1.29 is 13.2 Å². The Bertz CT molecular complexity index is 1270. The Kier molecular flexibility index (Phi) is 4.64. The van der Waals surface area contributed by atoms with Gasteiger partial charge >= 0.3 is 6.18 Å². The molecule has 170 valence electrons. The quantitative estimate of drug-likeness (QED) is 0.389. The van der Waals surface area contributed by atoms with E-state index in [9.17, 15) is 13.2 Å². The van der Waals surface area contributed by atoms with Gasteiger partial charge in [0.25, 0.3) is 0 Å². The number of fused-ring (bicyclic) bond motifs is 4. The van der Waals surface area contributed by atoms with Crippen LogP contribution in [0.2, 0.25) is 0 Å². The van der Waals surface area contributed by atoms with E-state index in [-0.39, 0.29) is 16.9 Å². The van der Waals surface area contributed by atoms with E-state index in [0.717, 1.165) is 28.7 Å². The van der Waals surface area contributed by atoms with E-state index in [2.05, 4.69) is 49.3 Å². The van der Waals surface area contributed by atoms with Crippen LogP contribution in [0.4, 0.5) is 36.1 Å². The van der Waals surface area contributed by atoms with Gasteiger partial charge in [-0.2, -0.15) is 13.2 Å². The maximum absolute atomic E-state index is 13.8. The molecule has 6 heteroatoms. The summed E-state index contributed by atoms with van der Waals surface area (Å²) in [4.78, 5) is 6.31. The first-order valence-corrected chi connectivity index (χ1v) is 11.1. The molecule has 1 aromatic heterocycles. The van der Waals surface area contributed by atoms with Gasteiger partial charge in [-0.3, -0.25) is 0 Å². The van der Waals surface area contributed by atoms with Gasteiger partial charge in [0.15, 0.2) is 5.82 Å². The zero-order valence-electron chi connectivity index (χ0n) is 19.0. The number of para-hydroxylation sites is 2. The molecule has 2 aromatic carbocycles. The van der Waals surface area contributed by atoms with Crippen molar-refractivity contribution >= 4 is 22.9 Å². The van der Waals surface area contributed by atoms with Crippen molar-refractivity contribution in [1.29, 1.82) is 0 Å². The lowest BCUT2D eigenvalue weighted by Gasteiger charge is -2.56. The van der Waals surface area contributed by atoms with Crippen molar-refractivity contribution in [1.82, 2.24) is 4.98 Å². The van der Waals surface area contributed by atoms with Gasteiger partial charge in [0.1, 0.15) is 0 Å². The molecular weight excluding hydrogens is 423 g/mol. The van der Waals surface area contributed by atoms with Gasteiger partial charge in [-0.25, -0.2) is 4.98 Å². The second-order valence-corrected chi connectivity index (χ2v) is 9.41. The average Bonchev–Trinajstić information content (AvgIpc) is 2.80. The lowest BCUT2D eigenvalue weighted by molar-refractivity contribution is -0.137. The lowest BCUT2D eigenvalue weighted by atomic mass is 9.51. The van der Waals surface area contributed by atoms with Crippen LogP contribution in [0.15, 0.2) is 72.9 Å². The summed E-state index contributed by atoms with van der Waals surface area (Å²) in [7, 11) is 0. The maximum atomic E-state index is 13.8. The fourth-order valence-corrected chi connectivity index (χ4v) is 5.26. The second-order valence-electron chi connectivity index (χ2n) is 9.41. The minimum absolute atomic E-state index is 0.161. The Balaban J connectivity index is 1.84. The minimum Gasteiger partial charge on any atom is -0.338 e. The fraction of sp³-hybridized carbons (Fsp3) is 0.296. The number of aryl methyl sites for hydroxylation is 1. The molecule has 3 atom stereocenters. The third kappa shape index (κ3) is 3.07. The maximum Gasteiger partial charge on any atom is 0.417 e.